The largest absolute Gasteiger partial charge is 0.487 e. The third-order valence-electron chi connectivity index (χ3n) is 4.37. The Morgan fingerprint density at radius 3 is 2.40 bits per heavy atom. The van der Waals surface area contributed by atoms with Crippen LogP contribution >= 0.6 is 0 Å². The van der Waals surface area contributed by atoms with Crippen LogP contribution in [0.4, 0.5) is 11.4 Å². The molecule has 0 aliphatic heterocycles. The van der Waals surface area contributed by atoms with E-state index >= 15 is 0 Å². The molecule has 2 N–H and O–H groups in total. The van der Waals surface area contributed by atoms with Crippen LogP contribution in [0.1, 0.15) is 15.9 Å². The van der Waals surface area contributed by atoms with Gasteiger partial charge in [0.25, 0.3) is 5.91 Å². The Hall–Kier alpha value is -3.80. The van der Waals surface area contributed by atoms with Crippen LogP contribution in [0.15, 0.2) is 78.9 Å². The summed E-state index contributed by atoms with van der Waals surface area (Å²) < 4.78 is 5.87. The summed E-state index contributed by atoms with van der Waals surface area (Å²) in [5, 5.41) is 5.92. The Kier molecular flexibility index (Phi) is 7.05. The minimum Gasteiger partial charge on any atom is -0.487 e. The number of rotatable bonds is 8. The summed E-state index contributed by atoms with van der Waals surface area (Å²) in [6, 6.07) is 24.2. The van der Waals surface area contributed by atoms with E-state index in [1.54, 1.807) is 38.4 Å². The van der Waals surface area contributed by atoms with Gasteiger partial charge in [0.2, 0.25) is 5.91 Å². The Morgan fingerprint density at radius 1 is 0.900 bits per heavy atom. The number of para-hydroxylation sites is 2. The van der Waals surface area contributed by atoms with Crippen LogP contribution in [0.2, 0.25) is 0 Å². The van der Waals surface area contributed by atoms with Crippen LogP contribution in [0.5, 0.6) is 5.75 Å². The quantitative estimate of drug-likeness (QED) is 0.596. The predicted octanol–water partition coefficient (Wildman–Crippen LogP) is 4.02. The molecule has 0 saturated carbocycles. The summed E-state index contributed by atoms with van der Waals surface area (Å²) >= 11 is 0. The van der Waals surface area contributed by atoms with E-state index in [1.807, 2.05) is 54.6 Å². The van der Waals surface area contributed by atoms with Crippen LogP contribution in [0.25, 0.3) is 0 Å². The maximum absolute atomic E-state index is 12.4. The number of carbonyl (C=O) groups is 2. The molecule has 0 spiro atoms. The molecule has 0 saturated heterocycles. The molecule has 2 amide bonds. The van der Waals surface area contributed by atoms with E-state index in [2.05, 4.69) is 10.6 Å². The number of hydrogen-bond acceptors (Lipinski definition) is 4. The van der Waals surface area contributed by atoms with Gasteiger partial charge in [-0.25, -0.2) is 0 Å². The van der Waals surface area contributed by atoms with Crippen molar-refractivity contribution in [3.8, 4) is 5.75 Å². The van der Waals surface area contributed by atoms with Crippen molar-refractivity contribution in [2.45, 2.75) is 6.61 Å². The molecule has 0 atom stereocenters. The molecule has 0 fully saturated rings. The number of nitrogens with zero attached hydrogens (tertiary/aromatic N) is 1. The molecule has 30 heavy (non-hydrogen) atoms. The molecule has 3 rings (SSSR count). The van der Waals surface area contributed by atoms with Crippen molar-refractivity contribution < 1.29 is 14.3 Å². The first-order valence-corrected chi connectivity index (χ1v) is 9.64. The van der Waals surface area contributed by atoms with E-state index in [0.29, 0.717) is 29.3 Å². The Labute approximate surface area is 176 Å². The second-order valence-electron chi connectivity index (χ2n) is 6.95. The molecule has 3 aromatic carbocycles. The molecule has 6 nitrogen and oxygen atoms in total. The monoisotopic (exact) mass is 403 g/mol. The Bertz CT molecular complexity index is 1000. The standard InChI is InChI=1S/C24H25N3O3/c1-27(2)24(29)19-11-8-12-20(15-19)25-16-23(28)26-21-13-6-7-14-22(21)30-17-18-9-4-3-5-10-18/h3-15,25H,16-17H2,1-2H3,(H,26,28). The second kappa shape index (κ2) is 10.1. The zero-order valence-corrected chi connectivity index (χ0v) is 17.1. The average molecular weight is 403 g/mol. The summed E-state index contributed by atoms with van der Waals surface area (Å²) in [6.45, 7) is 0.477. The first-order chi connectivity index (χ1) is 14.5. The summed E-state index contributed by atoms with van der Waals surface area (Å²) in [7, 11) is 3.40. The molecule has 0 aliphatic carbocycles. The van der Waals surface area contributed by atoms with Gasteiger partial charge in [-0.15, -0.1) is 0 Å². The minimum absolute atomic E-state index is 0.0621. The molecule has 0 radical (unpaired) electrons. The molecular formula is C24H25N3O3. The normalized spacial score (nSPS) is 10.2. The van der Waals surface area contributed by atoms with E-state index < -0.39 is 0 Å². The van der Waals surface area contributed by atoms with Crippen molar-refractivity contribution in [3.63, 3.8) is 0 Å². The van der Waals surface area contributed by atoms with Crippen molar-refractivity contribution >= 4 is 23.2 Å². The number of hydrogen-bond donors (Lipinski definition) is 2. The van der Waals surface area contributed by atoms with Gasteiger partial charge in [0.15, 0.2) is 0 Å². The fourth-order valence-corrected chi connectivity index (χ4v) is 2.83. The van der Waals surface area contributed by atoms with Crippen LogP contribution in [-0.2, 0) is 11.4 Å². The summed E-state index contributed by atoms with van der Waals surface area (Å²) in [5.41, 5.74) is 2.92. The molecule has 0 aliphatic rings. The lowest BCUT2D eigenvalue weighted by Crippen LogP contribution is -2.23. The average Bonchev–Trinajstić information content (AvgIpc) is 2.77. The Morgan fingerprint density at radius 2 is 1.63 bits per heavy atom. The summed E-state index contributed by atoms with van der Waals surface area (Å²) in [4.78, 5) is 26.0. The number of nitrogens with one attached hydrogen (secondary N) is 2. The third-order valence-corrected chi connectivity index (χ3v) is 4.37. The van der Waals surface area contributed by atoms with Gasteiger partial charge < -0.3 is 20.3 Å². The van der Waals surface area contributed by atoms with Crippen molar-refractivity contribution in [1.82, 2.24) is 4.90 Å². The highest BCUT2D eigenvalue weighted by molar-refractivity contribution is 5.96. The molecule has 0 unspecified atom stereocenters. The third kappa shape index (κ3) is 5.85. The minimum atomic E-state index is -0.213. The first kappa shape index (κ1) is 20.9. The molecule has 0 aromatic heterocycles. The number of amides is 2. The number of anilines is 2. The van der Waals surface area contributed by atoms with Gasteiger partial charge in [-0.2, -0.15) is 0 Å². The number of ether oxygens (including phenoxy) is 1. The Balaban J connectivity index is 1.58. The fraction of sp³-hybridized carbons (Fsp3) is 0.167. The summed E-state index contributed by atoms with van der Waals surface area (Å²) in [5.74, 6) is 0.302. The van der Waals surface area contributed by atoms with E-state index in [-0.39, 0.29) is 18.4 Å². The predicted molar refractivity (Wildman–Crippen MR) is 119 cm³/mol. The molecule has 6 heteroatoms. The lowest BCUT2D eigenvalue weighted by atomic mass is 10.2. The SMILES string of the molecule is CN(C)C(=O)c1cccc(NCC(=O)Nc2ccccc2OCc2ccccc2)c1. The van der Waals surface area contributed by atoms with Crippen LogP contribution in [0.3, 0.4) is 0 Å². The second-order valence-corrected chi connectivity index (χ2v) is 6.95. The van der Waals surface area contributed by atoms with Gasteiger partial charge in [-0.3, -0.25) is 9.59 Å². The first-order valence-electron chi connectivity index (χ1n) is 9.64. The molecule has 3 aromatic rings. The topological polar surface area (TPSA) is 70.7 Å². The summed E-state index contributed by atoms with van der Waals surface area (Å²) in [6.07, 6.45) is 0. The van der Waals surface area contributed by atoms with E-state index in [4.69, 9.17) is 4.74 Å². The highest BCUT2D eigenvalue weighted by Crippen LogP contribution is 2.24. The zero-order chi connectivity index (χ0) is 21.3. The van der Waals surface area contributed by atoms with Crippen molar-refractivity contribution in [3.05, 3.63) is 90.0 Å². The van der Waals surface area contributed by atoms with Crippen molar-refractivity contribution in [2.75, 3.05) is 31.3 Å². The fourth-order valence-electron chi connectivity index (χ4n) is 2.83. The number of benzene rings is 3. The highest BCUT2D eigenvalue weighted by atomic mass is 16.5. The lowest BCUT2D eigenvalue weighted by molar-refractivity contribution is -0.114. The van der Waals surface area contributed by atoms with Gasteiger partial charge in [0, 0.05) is 25.3 Å². The van der Waals surface area contributed by atoms with Crippen molar-refractivity contribution in [1.29, 1.82) is 0 Å². The molecule has 0 bridgehead atoms. The van der Waals surface area contributed by atoms with Gasteiger partial charge >= 0.3 is 0 Å². The lowest BCUT2D eigenvalue weighted by Gasteiger charge is -2.14. The van der Waals surface area contributed by atoms with Gasteiger partial charge in [0.05, 0.1) is 12.2 Å². The van der Waals surface area contributed by atoms with Gasteiger partial charge in [-0.1, -0.05) is 48.5 Å². The van der Waals surface area contributed by atoms with Crippen LogP contribution < -0.4 is 15.4 Å². The van der Waals surface area contributed by atoms with Crippen LogP contribution in [-0.4, -0.2) is 37.4 Å². The van der Waals surface area contributed by atoms with Gasteiger partial charge in [-0.05, 0) is 35.9 Å². The maximum Gasteiger partial charge on any atom is 0.253 e. The smallest absolute Gasteiger partial charge is 0.253 e. The maximum atomic E-state index is 12.4. The zero-order valence-electron chi connectivity index (χ0n) is 17.1. The van der Waals surface area contributed by atoms with Crippen LogP contribution in [0, 0.1) is 0 Å². The van der Waals surface area contributed by atoms with Gasteiger partial charge in [0.1, 0.15) is 12.4 Å². The van der Waals surface area contributed by atoms with E-state index in [9.17, 15) is 9.59 Å². The molecule has 0 heterocycles. The molecular weight excluding hydrogens is 378 g/mol. The highest BCUT2D eigenvalue weighted by Gasteiger charge is 2.10. The molecule has 154 valence electrons. The van der Waals surface area contributed by atoms with E-state index in [0.717, 1.165) is 5.56 Å². The number of carbonyl (C=O) groups excluding carboxylic acids is 2. The van der Waals surface area contributed by atoms with Crippen molar-refractivity contribution in [2.24, 2.45) is 0 Å². The van der Waals surface area contributed by atoms with E-state index in [1.165, 1.54) is 4.90 Å².